The summed E-state index contributed by atoms with van der Waals surface area (Å²) in [7, 11) is 0. The van der Waals surface area contributed by atoms with Crippen LogP contribution in [0.3, 0.4) is 0 Å². The highest BCUT2D eigenvalue weighted by molar-refractivity contribution is 5.94. The van der Waals surface area contributed by atoms with Crippen LogP contribution in [0.25, 0.3) is 0 Å². The van der Waals surface area contributed by atoms with Crippen molar-refractivity contribution in [2.24, 2.45) is 0 Å². The van der Waals surface area contributed by atoms with Crippen molar-refractivity contribution < 1.29 is 4.79 Å². The summed E-state index contributed by atoms with van der Waals surface area (Å²) in [6, 6.07) is 3.36. The Labute approximate surface area is 93.5 Å². The Morgan fingerprint density at radius 1 is 1.56 bits per heavy atom. The maximum absolute atomic E-state index is 12.1. The standard InChI is InChI=1S/C11H15N3O2/c1-8-7-12-5-6-14(8)11(16)9-3-2-4-13-10(9)15/h2-4,8,12H,5-7H2,1H3,(H,13,15). The summed E-state index contributed by atoms with van der Waals surface area (Å²) in [4.78, 5) is 27.9. The summed E-state index contributed by atoms with van der Waals surface area (Å²) in [5.74, 6) is -0.184. The number of nitrogens with zero attached hydrogens (tertiary/aromatic N) is 1. The van der Waals surface area contributed by atoms with Gasteiger partial charge in [-0.2, -0.15) is 0 Å². The largest absolute Gasteiger partial charge is 0.333 e. The van der Waals surface area contributed by atoms with E-state index in [0.29, 0.717) is 6.54 Å². The first-order valence-electron chi connectivity index (χ1n) is 5.39. The first-order valence-corrected chi connectivity index (χ1v) is 5.39. The normalized spacial score (nSPS) is 20.8. The van der Waals surface area contributed by atoms with Gasteiger partial charge < -0.3 is 15.2 Å². The van der Waals surface area contributed by atoms with Gasteiger partial charge in [-0.1, -0.05) is 0 Å². The SMILES string of the molecule is CC1CNCCN1C(=O)c1ccc[nH]c1=O. The molecule has 1 fully saturated rings. The molecule has 2 heterocycles. The molecule has 1 amide bonds. The smallest absolute Gasteiger partial charge is 0.260 e. The predicted molar refractivity (Wildman–Crippen MR) is 60.4 cm³/mol. The van der Waals surface area contributed by atoms with Crippen molar-refractivity contribution in [3.05, 3.63) is 34.2 Å². The molecular formula is C11H15N3O2. The number of rotatable bonds is 1. The van der Waals surface area contributed by atoms with E-state index >= 15 is 0 Å². The Morgan fingerprint density at radius 2 is 2.38 bits per heavy atom. The third-order valence-electron chi connectivity index (χ3n) is 2.81. The molecule has 0 bridgehead atoms. The van der Waals surface area contributed by atoms with E-state index < -0.39 is 0 Å². The highest BCUT2D eigenvalue weighted by Crippen LogP contribution is 2.06. The number of aromatic amines is 1. The average Bonchev–Trinajstić information content (AvgIpc) is 2.29. The van der Waals surface area contributed by atoms with E-state index in [1.807, 2.05) is 6.92 Å². The first-order chi connectivity index (χ1) is 7.70. The Kier molecular flexibility index (Phi) is 3.05. The molecule has 1 aromatic rings. The highest BCUT2D eigenvalue weighted by atomic mass is 16.2. The van der Waals surface area contributed by atoms with E-state index in [9.17, 15) is 9.59 Å². The average molecular weight is 221 g/mol. The second-order valence-corrected chi connectivity index (χ2v) is 3.96. The molecule has 1 aliphatic heterocycles. The molecule has 0 aromatic carbocycles. The number of carbonyl (C=O) groups excluding carboxylic acids is 1. The second kappa shape index (κ2) is 4.49. The van der Waals surface area contributed by atoms with Crippen LogP contribution >= 0.6 is 0 Å². The van der Waals surface area contributed by atoms with Gasteiger partial charge in [0.2, 0.25) is 0 Å². The molecule has 0 saturated carbocycles. The van der Waals surface area contributed by atoms with E-state index in [0.717, 1.165) is 13.1 Å². The number of piperazine rings is 1. The third-order valence-corrected chi connectivity index (χ3v) is 2.81. The van der Waals surface area contributed by atoms with Gasteiger partial charge in [0, 0.05) is 31.9 Å². The van der Waals surface area contributed by atoms with Gasteiger partial charge in [0.05, 0.1) is 0 Å². The molecule has 1 unspecified atom stereocenters. The summed E-state index contributed by atoms with van der Waals surface area (Å²) in [5.41, 5.74) is -0.102. The molecule has 1 aliphatic rings. The van der Waals surface area contributed by atoms with Crippen LogP contribution in [0.15, 0.2) is 23.1 Å². The van der Waals surface area contributed by atoms with Crippen molar-refractivity contribution in [3.63, 3.8) is 0 Å². The maximum atomic E-state index is 12.1. The number of pyridine rings is 1. The first kappa shape index (κ1) is 10.9. The molecule has 0 radical (unpaired) electrons. The maximum Gasteiger partial charge on any atom is 0.260 e. The molecule has 2 rings (SSSR count). The molecule has 0 aliphatic carbocycles. The van der Waals surface area contributed by atoms with Crippen molar-refractivity contribution in [1.29, 1.82) is 0 Å². The fourth-order valence-electron chi connectivity index (χ4n) is 1.89. The van der Waals surface area contributed by atoms with Crippen LogP contribution in [0.4, 0.5) is 0 Å². The van der Waals surface area contributed by atoms with Gasteiger partial charge in [-0.25, -0.2) is 0 Å². The van der Waals surface area contributed by atoms with Gasteiger partial charge in [-0.15, -0.1) is 0 Å². The number of hydrogen-bond donors (Lipinski definition) is 2. The minimum Gasteiger partial charge on any atom is -0.333 e. The quantitative estimate of drug-likeness (QED) is 0.690. The van der Waals surface area contributed by atoms with Gasteiger partial charge in [-0.05, 0) is 19.1 Å². The lowest BCUT2D eigenvalue weighted by Crippen LogP contribution is -2.53. The molecule has 5 nitrogen and oxygen atoms in total. The van der Waals surface area contributed by atoms with Crippen LogP contribution in [0.5, 0.6) is 0 Å². The second-order valence-electron chi connectivity index (χ2n) is 3.96. The summed E-state index contributed by atoms with van der Waals surface area (Å²) in [6.45, 7) is 4.17. The number of H-pyrrole nitrogens is 1. The van der Waals surface area contributed by atoms with Crippen LogP contribution in [-0.2, 0) is 0 Å². The lowest BCUT2D eigenvalue weighted by Gasteiger charge is -2.33. The Bertz CT molecular complexity index is 441. The van der Waals surface area contributed by atoms with Crippen molar-refractivity contribution in [2.75, 3.05) is 19.6 Å². The predicted octanol–water partition coefficient (Wildman–Crippen LogP) is -0.191. The third kappa shape index (κ3) is 1.99. The molecule has 1 saturated heterocycles. The molecule has 2 N–H and O–H groups in total. The van der Waals surface area contributed by atoms with Crippen LogP contribution in [0.2, 0.25) is 0 Å². The number of amides is 1. The number of aromatic nitrogens is 1. The monoisotopic (exact) mass is 221 g/mol. The van der Waals surface area contributed by atoms with E-state index in [1.165, 1.54) is 6.20 Å². The fourth-order valence-corrected chi connectivity index (χ4v) is 1.89. The van der Waals surface area contributed by atoms with E-state index in [4.69, 9.17) is 0 Å². The minimum absolute atomic E-state index is 0.126. The number of nitrogens with one attached hydrogen (secondary N) is 2. The lowest BCUT2D eigenvalue weighted by molar-refractivity contribution is 0.0654. The molecule has 5 heteroatoms. The summed E-state index contributed by atoms with van der Waals surface area (Å²) in [5, 5.41) is 3.21. The van der Waals surface area contributed by atoms with E-state index in [-0.39, 0.29) is 23.1 Å². The van der Waals surface area contributed by atoms with Crippen molar-refractivity contribution in [3.8, 4) is 0 Å². The van der Waals surface area contributed by atoms with Crippen molar-refractivity contribution in [1.82, 2.24) is 15.2 Å². The minimum atomic E-state index is -0.321. The summed E-state index contributed by atoms with van der Waals surface area (Å²) >= 11 is 0. The summed E-state index contributed by atoms with van der Waals surface area (Å²) < 4.78 is 0. The van der Waals surface area contributed by atoms with E-state index in [2.05, 4.69) is 10.3 Å². The zero-order valence-electron chi connectivity index (χ0n) is 9.19. The van der Waals surface area contributed by atoms with Crippen LogP contribution in [-0.4, -0.2) is 41.5 Å². The van der Waals surface area contributed by atoms with Gasteiger partial charge in [-0.3, -0.25) is 9.59 Å². The summed E-state index contributed by atoms with van der Waals surface area (Å²) in [6.07, 6.45) is 1.53. The van der Waals surface area contributed by atoms with Gasteiger partial charge in [0.15, 0.2) is 0 Å². The van der Waals surface area contributed by atoms with Crippen LogP contribution in [0.1, 0.15) is 17.3 Å². The van der Waals surface area contributed by atoms with Crippen LogP contribution < -0.4 is 10.9 Å². The Morgan fingerprint density at radius 3 is 3.06 bits per heavy atom. The van der Waals surface area contributed by atoms with E-state index in [1.54, 1.807) is 17.0 Å². The molecule has 1 atom stereocenters. The zero-order valence-corrected chi connectivity index (χ0v) is 9.19. The highest BCUT2D eigenvalue weighted by Gasteiger charge is 2.25. The molecular weight excluding hydrogens is 206 g/mol. The van der Waals surface area contributed by atoms with Crippen LogP contribution in [0, 0.1) is 0 Å². The topological polar surface area (TPSA) is 65.2 Å². The lowest BCUT2D eigenvalue weighted by atomic mass is 10.1. The zero-order chi connectivity index (χ0) is 11.5. The molecule has 1 aromatic heterocycles. The van der Waals surface area contributed by atoms with Gasteiger partial charge >= 0.3 is 0 Å². The number of hydrogen-bond acceptors (Lipinski definition) is 3. The van der Waals surface area contributed by atoms with Gasteiger partial charge in [0.25, 0.3) is 11.5 Å². The van der Waals surface area contributed by atoms with Crippen molar-refractivity contribution >= 4 is 5.91 Å². The Balaban J connectivity index is 2.25. The number of carbonyl (C=O) groups is 1. The Hall–Kier alpha value is -1.62. The van der Waals surface area contributed by atoms with Crippen molar-refractivity contribution in [2.45, 2.75) is 13.0 Å². The fraction of sp³-hybridized carbons (Fsp3) is 0.455. The molecule has 16 heavy (non-hydrogen) atoms. The molecule has 0 spiro atoms. The molecule has 86 valence electrons. The van der Waals surface area contributed by atoms with Gasteiger partial charge in [0.1, 0.15) is 5.56 Å².